The smallest absolute Gasteiger partial charge is 0.193 e. The van der Waals surface area contributed by atoms with Gasteiger partial charge in [0, 0.05) is 30.6 Å². The van der Waals surface area contributed by atoms with Crippen molar-refractivity contribution in [3.8, 4) is 0 Å². The van der Waals surface area contributed by atoms with Gasteiger partial charge in [-0.3, -0.25) is 9.20 Å². The van der Waals surface area contributed by atoms with Crippen molar-refractivity contribution in [1.82, 2.24) is 9.38 Å². The fourth-order valence-electron chi connectivity index (χ4n) is 2.26. The lowest BCUT2D eigenvalue weighted by Crippen LogP contribution is -1.94. The molecule has 0 fully saturated rings. The average Bonchev–Trinajstić information content (AvgIpc) is 2.78. The molecule has 17 heavy (non-hydrogen) atoms. The van der Waals surface area contributed by atoms with Crippen LogP contribution >= 0.6 is 11.3 Å². The van der Waals surface area contributed by atoms with Crippen molar-refractivity contribution in [2.24, 2.45) is 0 Å². The van der Waals surface area contributed by atoms with Crippen LogP contribution in [0.25, 0.3) is 4.96 Å². The zero-order valence-electron chi connectivity index (χ0n) is 9.56. The molecule has 0 N–H and O–H groups in total. The summed E-state index contributed by atoms with van der Waals surface area (Å²) in [7, 11) is 0. The van der Waals surface area contributed by atoms with Crippen molar-refractivity contribution >= 4 is 22.1 Å². The third kappa shape index (κ3) is 2.31. The van der Waals surface area contributed by atoms with Gasteiger partial charge in [-0.25, -0.2) is 4.98 Å². The number of aromatic nitrogens is 2. The van der Waals surface area contributed by atoms with Gasteiger partial charge in [0.25, 0.3) is 0 Å². The number of ketones is 1. The van der Waals surface area contributed by atoms with E-state index < -0.39 is 0 Å². The van der Waals surface area contributed by atoms with Gasteiger partial charge in [0.15, 0.2) is 10.7 Å². The van der Waals surface area contributed by atoms with E-state index in [0.29, 0.717) is 6.42 Å². The largest absolute Gasteiger partial charge is 0.297 e. The number of allylic oxidation sites excluding steroid dienone is 2. The Morgan fingerprint density at radius 1 is 1.35 bits per heavy atom. The van der Waals surface area contributed by atoms with E-state index in [1.807, 2.05) is 22.1 Å². The maximum Gasteiger partial charge on any atom is 0.193 e. The van der Waals surface area contributed by atoms with Crippen LogP contribution in [0.2, 0.25) is 0 Å². The van der Waals surface area contributed by atoms with Gasteiger partial charge in [0.2, 0.25) is 0 Å². The molecule has 1 aliphatic carbocycles. The fraction of sp³-hybridized carbons (Fsp3) is 0.385. The first-order chi connectivity index (χ1) is 8.31. The molecule has 2 heterocycles. The lowest BCUT2D eigenvalue weighted by atomic mass is 10.1. The van der Waals surface area contributed by atoms with Gasteiger partial charge >= 0.3 is 0 Å². The number of hydrogen-bond acceptors (Lipinski definition) is 3. The predicted octanol–water partition coefficient (Wildman–Crippen LogP) is 3.01. The molecule has 0 aliphatic heterocycles. The molecule has 0 unspecified atom stereocenters. The van der Waals surface area contributed by atoms with Crippen LogP contribution in [-0.2, 0) is 11.2 Å². The zero-order chi connectivity index (χ0) is 11.7. The molecule has 2 aromatic rings. The van der Waals surface area contributed by atoms with Crippen LogP contribution in [-0.4, -0.2) is 15.2 Å². The van der Waals surface area contributed by atoms with Gasteiger partial charge < -0.3 is 0 Å². The third-order valence-corrected chi connectivity index (χ3v) is 3.86. The highest BCUT2D eigenvalue weighted by atomic mass is 32.1. The number of carbonyl (C=O) groups excluding carboxylic acids is 1. The zero-order valence-corrected chi connectivity index (χ0v) is 10.4. The minimum absolute atomic E-state index is 0.276. The maximum absolute atomic E-state index is 11.5. The number of imidazole rings is 1. The Morgan fingerprint density at radius 2 is 2.24 bits per heavy atom. The molecule has 1 aliphatic rings. The Hall–Kier alpha value is -1.42. The van der Waals surface area contributed by atoms with Crippen LogP contribution < -0.4 is 0 Å². The molecule has 3 rings (SSSR count). The summed E-state index contributed by atoms with van der Waals surface area (Å²) in [4.78, 5) is 17.1. The highest BCUT2D eigenvalue weighted by Gasteiger charge is 2.11. The number of hydrogen-bond donors (Lipinski definition) is 0. The van der Waals surface area contributed by atoms with E-state index >= 15 is 0 Å². The molecule has 0 atom stereocenters. The van der Waals surface area contributed by atoms with Crippen LogP contribution in [0.5, 0.6) is 0 Å². The maximum atomic E-state index is 11.5. The topological polar surface area (TPSA) is 34.4 Å². The van der Waals surface area contributed by atoms with Crippen LogP contribution in [0, 0.1) is 0 Å². The molecule has 0 radical (unpaired) electrons. The average molecular weight is 246 g/mol. The van der Waals surface area contributed by atoms with Crippen molar-refractivity contribution in [3.05, 3.63) is 35.1 Å². The van der Waals surface area contributed by atoms with Gasteiger partial charge in [-0.2, -0.15) is 0 Å². The first-order valence-electron chi connectivity index (χ1n) is 5.94. The third-order valence-electron chi connectivity index (χ3n) is 3.09. The standard InChI is InChI=1S/C13H14N2OS/c16-12-4-2-1-3-10(8-12)7-11-9-15-5-6-17-13(15)14-11/h5-6,8-9H,1-4,7H2. The summed E-state index contributed by atoms with van der Waals surface area (Å²) in [5, 5.41) is 2.03. The van der Waals surface area contributed by atoms with E-state index in [2.05, 4.69) is 11.2 Å². The van der Waals surface area contributed by atoms with Crippen LogP contribution in [0.15, 0.2) is 29.4 Å². The number of rotatable bonds is 2. The number of thiazole rings is 1. The van der Waals surface area contributed by atoms with Gasteiger partial charge in [-0.1, -0.05) is 5.57 Å². The van der Waals surface area contributed by atoms with Gasteiger partial charge in [-0.05, 0) is 25.3 Å². The van der Waals surface area contributed by atoms with Crippen molar-refractivity contribution < 1.29 is 4.79 Å². The SMILES string of the molecule is O=C1C=C(Cc2cn3ccsc3n2)CCCC1. The minimum Gasteiger partial charge on any atom is -0.297 e. The second kappa shape index (κ2) is 4.45. The van der Waals surface area contributed by atoms with E-state index in [9.17, 15) is 4.79 Å². The van der Waals surface area contributed by atoms with Crippen molar-refractivity contribution in [2.45, 2.75) is 32.1 Å². The Bertz CT molecular complexity index is 551. The Morgan fingerprint density at radius 3 is 3.12 bits per heavy atom. The number of fused-ring (bicyclic) bond motifs is 1. The molecule has 2 aromatic heterocycles. The van der Waals surface area contributed by atoms with E-state index in [1.54, 1.807) is 11.3 Å². The Balaban J connectivity index is 1.82. The van der Waals surface area contributed by atoms with Gasteiger partial charge in [0.1, 0.15) is 0 Å². The van der Waals surface area contributed by atoms with Crippen LogP contribution in [0.3, 0.4) is 0 Å². The molecule has 0 saturated heterocycles. The molecular formula is C13H14N2OS. The molecule has 0 spiro atoms. The monoisotopic (exact) mass is 246 g/mol. The Labute approximate surface area is 104 Å². The molecule has 0 saturated carbocycles. The second-order valence-electron chi connectivity index (χ2n) is 4.48. The lowest BCUT2D eigenvalue weighted by molar-refractivity contribution is -0.114. The number of nitrogens with zero attached hydrogens (tertiary/aromatic N) is 2. The second-order valence-corrected chi connectivity index (χ2v) is 5.35. The molecule has 0 amide bonds. The summed E-state index contributed by atoms with van der Waals surface area (Å²) in [6.07, 6.45) is 10.6. The van der Waals surface area contributed by atoms with Crippen molar-refractivity contribution in [3.63, 3.8) is 0 Å². The Kier molecular flexibility index (Phi) is 2.81. The molecule has 4 heteroatoms. The highest BCUT2D eigenvalue weighted by molar-refractivity contribution is 7.15. The summed E-state index contributed by atoms with van der Waals surface area (Å²) in [5.74, 6) is 0.276. The fourth-order valence-corrected chi connectivity index (χ4v) is 2.98. The van der Waals surface area contributed by atoms with Crippen molar-refractivity contribution in [2.75, 3.05) is 0 Å². The molecule has 3 nitrogen and oxygen atoms in total. The first-order valence-corrected chi connectivity index (χ1v) is 6.82. The van der Waals surface area contributed by atoms with E-state index in [0.717, 1.165) is 36.3 Å². The molecule has 0 aromatic carbocycles. The van der Waals surface area contributed by atoms with Crippen LogP contribution in [0.1, 0.15) is 31.4 Å². The summed E-state index contributed by atoms with van der Waals surface area (Å²) in [5.41, 5.74) is 2.30. The molecular weight excluding hydrogens is 232 g/mol. The summed E-state index contributed by atoms with van der Waals surface area (Å²) >= 11 is 1.64. The normalized spacial score (nSPS) is 17.2. The quantitative estimate of drug-likeness (QED) is 0.816. The summed E-state index contributed by atoms with van der Waals surface area (Å²) in [6.45, 7) is 0. The lowest BCUT2D eigenvalue weighted by Gasteiger charge is -2.01. The minimum atomic E-state index is 0.276. The van der Waals surface area contributed by atoms with E-state index in [1.165, 1.54) is 5.57 Å². The predicted molar refractivity (Wildman–Crippen MR) is 68.3 cm³/mol. The van der Waals surface area contributed by atoms with Gasteiger partial charge in [-0.15, -0.1) is 11.3 Å². The summed E-state index contributed by atoms with van der Waals surface area (Å²) < 4.78 is 2.04. The summed E-state index contributed by atoms with van der Waals surface area (Å²) in [6, 6.07) is 0. The molecule has 0 bridgehead atoms. The first kappa shape index (κ1) is 10.7. The highest BCUT2D eigenvalue weighted by Crippen LogP contribution is 2.20. The number of carbonyl (C=O) groups is 1. The molecule has 88 valence electrons. The van der Waals surface area contributed by atoms with Crippen molar-refractivity contribution in [1.29, 1.82) is 0 Å². The van der Waals surface area contributed by atoms with Crippen LogP contribution in [0.4, 0.5) is 0 Å². The van der Waals surface area contributed by atoms with E-state index in [4.69, 9.17) is 0 Å². The van der Waals surface area contributed by atoms with E-state index in [-0.39, 0.29) is 5.78 Å². The van der Waals surface area contributed by atoms with Gasteiger partial charge in [0.05, 0.1) is 5.69 Å².